The lowest BCUT2D eigenvalue weighted by atomic mass is 10.1. The van der Waals surface area contributed by atoms with Gasteiger partial charge in [0.2, 0.25) is 5.17 Å². The summed E-state index contributed by atoms with van der Waals surface area (Å²) in [6, 6.07) is 7.82. The number of hydrogen-bond acceptors (Lipinski definition) is 6. The molecule has 1 aliphatic heterocycles. The first-order valence-electron chi connectivity index (χ1n) is 7.84. The zero-order valence-corrected chi connectivity index (χ0v) is 14.4. The van der Waals surface area contributed by atoms with E-state index in [1.807, 2.05) is 24.3 Å². The van der Waals surface area contributed by atoms with Crippen LogP contribution in [0.25, 0.3) is 10.2 Å². The zero-order chi connectivity index (χ0) is 16.1. The molecule has 1 unspecified atom stereocenters. The summed E-state index contributed by atoms with van der Waals surface area (Å²) in [5, 5.41) is 14.7. The van der Waals surface area contributed by atoms with Gasteiger partial charge in [0.15, 0.2) is 5.01 Å². The van der Waals surface area contributed by atoms with Crippen molar-refractivity contribution in [2.45, 2.75) is 25.4 Å². The molecule has 1 fully saturated rings. The van der Waals surface area contributed by atoms with Crippen LogP contribution in [0, 0.1) is 0 Å². The van der Waals surface area contributed by atoms with Gasteiger partial charge >= 0.3 is 0 Å². The Morgan fingerprint density at radius 1 is 1.35 bits per heavy atom. The summed E-state index contributed by atoms with van der Waals surface area (Å²) in [5.41, 5.74) is 0.894. The van der Waals surface area contributed by atoms with Crippen LogP contribution in [0.5, 0.6) is 0 Å². The Balaban J connectivity index is 1.50. The Bertz CT molecular complexity index is 637. The fourth-order valence-corrected chi connectivity index (χ4v) is 3.72. The number of rotatable bonds is 6. The molecule has 1 saturated heterocycles. The normalized spacial score (nSPS) is 18.3. The highest BCUT2D eigenvalue weighted by molar-refractivity contribution is 7.21. The molecule has 1 atom stereocenters. The number of fused-ring (bicyclic) bond motifs is 1. The van der Waals surface area contributed by atoms with E-state index in [9.17, 15) is 5.11 Å². The minimum Gasteiger partial charge on any atom is -0.392 e. The minimum atomic E-state index is -0.559. The van der Waals surface area contributed by atoms with Crippen LogP contribution in [0.3, 0.4) is 0 Å². The van der Waals surface area contributed by atoms with E-state index < -0.39 is 6.10 Å². The summed E-state index contributed by atoms with van der Waals surface area (Å²) in [6.45, 7) is 2.85. The van der Waals surface area contributed by atoms with Crippen molar-refractivity contribution in [3.05, 3.63) is 29.3 Å². The average molecular weight is 354 g/mol. The van der Waals surface area contributed by atoms with Crippen molar-refractivity contribution in [2.24, 2.45) is 5.16 Å². The molecule has 0 spiro atoms. The lowest BCUT2D eigenvalue weighted by Crippen LogP contribution is -2.38. The monoisotopic (exact) mass is 353 g/mol. The molecule has 0 radical (unpaired) electrons. The molecular weight excluding hydrogens is 334 g/mol. The van der Waals surface area contributed by atoms with Crippen LogP contribution in [0.15, 0.2) is 29.4 Å². The summed E-state index contributed by atoms with van der Waals surface area (Å²) in [5.74, 6) is 0. The van der Waals surface area contributed by atoms with Crippen molar-refractivity contribution in [1.82, 2.24) is 9.88 Å². The summed E-state index contributed by atoms with van der Waals surface area (Å²) in [6.07, 6.45) is 3.13. The van der Waals surface area contributed by atoms with E-state index in [0.29, 0.717) is 11.6 Å². The third kappa shape index (κ3) is 4.64. The van der Waals surface area contributed by atoms with Crippen LogP contribution in [0.4, 0.5) is 0 Å². The van der Waals surface area contributed by atoms with Crippen LogP contribution >= 0.6 is 22.9 Å². The van der Waals surface area contributed by atoms with Crippen molar-refractivity contribution < 1.29 is 9.94 Å². The molecule has 0 saturated carbocycles. The zero-order valence-electron chi connectivity index (χ0n) is 12.8. The van der Waals surface area contributed by atoms with Crippen LogP contribution < -0.4 is 0 Å². The fraction of sp³-hybridized carbons (Fsp3) is 0.500. The molecule has 5 nitrogen and oxygen atoms in total. The third-order valence-electron chi connectivity index (χ3n) is 3.80. The smallest absolute Gasteiger partial charge is 0.204 e. The second-order valence-electron chi connectivity index (χ2n) is 5.68. The van der Waals surface area contributed by atoms with Gasteiger partial charge in [-0.2, -0.15) is 0 Å². The van der Waals surface area contributed by atoms with Gasteiger partial charge in [-0.1, -0.05) is 35.3 Å². The molecule has 0 aliphatic carbocycles. The molecule has 3 rings (SSSR count). The van der Waals surface area contributed by atoms with Gasteiger partial charge in [0, 0.05) is 6.54 Å². The van der Waals surface area contributed by atoms with Gasteiger partial charge in [0.25, 0.3) is 0 Å². The van der Waals surface area contributed by atoms with E-state index in [2.05, 4.69) is 15.0 Å². The molecule has 1 aromatic carbocycles. The number of nitrogens with zero attached hydrogens (tertiary/aromatic N) is 3. The molecule has 1 aromatic heterocycles. The van der Waals surface area contributed by atoms with E-state index in [1.165, 1.54) is 30.6 Å². The molecule has 0 amide bonds. The van der Waals surface area contributed by atoms with Gasteiger partial charge in [0.1, 0.15) is 12.7 Å². The largest absolute Gasteiger partial charge is 0.392 e. The Kier molecular flexibility index (Phi) is 5.83. The summed E-state index contributed by atoms with van der Waals surface area (Å²) < 4.78 is 1.06. The predicted molar refractivity (Wildman–Crippen MR) is 94.3 cm³/mol. The number of β-amino-alcohol motifs (C(OH)–C–C–N with tert-alkyl or cyclic N) is 1. The lowest BCUT2D eigenvalue weighted by Gasteiger charge is -2.27. The molecule has 2 aromatic rings. The predicted octanol–water partition coefficient (Wildman–Crippen LogP) is 3.06. The van der Waals surface area contributed by atoms with Crippen LogP contribution in [-0.4, -0.2) is 52.5 Å². The van der Waals surface area contributed by atoms with E-state index >= 15 is 0 Å². The number of thiazole rings is 1. The van der Waals surface area contributed by atoms with E-state index in [4.69, 9.17) is 16.4 Å². The Labute approximate surface area is 144 Å². The van der Waals surface area contributed by atoms with Gasteiger partial charge in [-0.15, -0.1) is 11.3 Å². The number of para-hydroxylation sites is 1. The fourth-order valence-electron chi connectivity index (χ4n) is 2.67. The van der Waals surface area contributed by atoms with Crippen molar-refractivity contribution in [1.29, 1.82) is 0 Å². The number of aromatic nitrogens is 1. The van der Waals surface area contributed by atoms with Gasteiger partial charge in [-0.3, -0.25) is 0 Å². The van der Waals surface area contributed by atoms with Gasteiger partial charge in [-0.25, -0.2) is 4.98 Å². The first-order chi connectivity index (χ1) is 11.2. The highest BCUT2D eigenvalue weighted by Crippen LogP contribution is 2.23. The minimum absolute atomic E-state index is 0.137. The number of piperidine rings is 1. The number of hydrogen-bond donors (Lipinski definition) is 1. The quantitative estimate of drug-likeness (QED) is 0.640. The highest BCUT2D eigenvalue weighted by atomic mass is 35.5. The maximum absolute atomic E-state index is 10.0. The number of aliphatic hydroxyl groups is 1. The maximum atomic E-state index is 10.0. The number of oxime groups is 1. The Hall–Kier alpha value is -1.21. The molecule has 0 bridgehead atoms. The molecule has 1 aliphatic rings. The first-order valence-corrected chi connectivity index (χ1v) is 9.03. The van der Waals surface area contributed by atoms with E-state index in [1.54, 1.807) is 0 Å². The van der Waals surface area contributed by atoms with Crippen molar-refractivity contribution >= 4 is 38.3 Å². The summed E-state index contributed by atoms with van der Waals surface area (Å²) >= 11 is 7.60. The maximum Gasteiger partial charge on any atom is 0.204 e. The molecule has 2 heterocycles. The molecular formula is C16H20ClN3O2S. The number of benzene rings is 1. The second kappa shape index (κ2) is 8.06. The van der Waals surface area contributed by atoms with Crippen LogP contribution in [0.2, 0.25) is 0 Å². The summed E-state index contributed by atoms with van der Waals surface area (Å²) in [4.78, 5) is 11.9. The van der Waals surface area contributed by atoms with Crippen molar-refractivity contribution in [3.8, 4) is 0 Å². The first kappa shape index (κ1) is 16.6. The molecule has 1 N–H and O–H groups in total. The van der Waals surface area contributed by atoms with Crippen molar-refractivity contribution in [2.75, 3.05) is 26.2 Å². The van der Waals surface area contributed by atoms with Gasteiger partial charge in [0.05, 0.1) is 10.2 Å². The number of likely N-dealkylation sites (tertiary alicyclic amines) is 1. The third-order valence-corrected chi connectivity index (χ3v) is 5.20. The molecule has 23 heavy (non-hydrogen) atoms. The molecule has 7 heteroatoms. The number of halogens is 1. The van der Waals surface area contributed by atoms with E-state index in [0.717, 1.165) is 23.3 Å². The highest BCUT2D eigenvalue weighted by Gasteiger charge is 2.15. The summed E-state index contributed by atoms with van der Waals surface area (Å²) in [7, 11) is 0. The molecule has 124 valence electrons. The lowest BCUT2D eigenvalue weighted by molar-refractivity contribution is 0.0161. The van der Waals surface area contributed by atoms with Crippen LogP contribution in [-0.2, 0) is 4.84 Å². The van der Waals surface area contributed by atoms with Gasteiger partial charge < -0.3 is 14.8 Å². The standard InChI is InChI=1S/C16H20ClN3O2S/c17-15(16-18-13-6-2-3-7-14(13)23-16)19-22-11-12(21)10-20-8-4-1-5-9-20/h2-3,6-7,12,21H,1,4-5,8-11H2/b19-15-. The van der Waals surface area contributed by atoms with Crippen molar-refractivity contribution in [3.63, 3.8) is 0 Å². The average Bonchev–Trinajstić information content (AvgIpc) is 3.00. The van der Waals surface area contributed by atoms with E-state index in [-0.39, 0.29) is 11.8 Å². The second-order valence-corrected chi connectivity index (χ2v) is 7.07. The van der Waals surface area contributed by atoms with Crippen LogP contribution in [0.1, 0.15) is 24.3 Å². The Morgan fingerprint density at radius 3 is 2.91 bits per heavy atom. The van der Waals surface area contributed by atoms with Gasteiger partial charge in [-0.05, 0) is 38.1 Å². The number of aliphatic hydroxyl groups excluding tert-OH is 1. The SMILES string of the molecule is OC(CO/N=C(\Cl)c1nc2ccccc2s1)CN1CCCCC1. The Morgan fingerprint density at radius 2 is 2.13 bits per heavy atom. The topological polar surface area (TPSA) is 58.0 Å².